The van der Waals surface area contributed by atoms with E-state index >= 15 is 0 Å². The molecule has 0 aliphatic heterocycles. The molecule has 11 rings (SSSR count). The minimum atomic E-state index is -0.167. The van der Waals surface area contributed by atoms with Crippen molar-refractivity contribution in [3.8, 4) is 33.7 Å². The molecule has 4 nitrogen and oxygen atoms in total. The van der Waals surface area contributed by atoms with Gasteiger partial charge in [-0.15, -0.1) is 0 Å². The Balaban J connectivity index is 1.16. The molecular weight excluding hydrogens is 719 g/mol. The third-order valence-corrected chi connectivity index (χ3v) is 12.7. The number of aromatic nitrogens is 1. The van der Waals surface area contributed by atoms with Crippen molar-refractivity contribution in [1.29, 1.82) is 0 Å². The fraction of sp³-hybridized carbons (Fsp3) is 0.109. The monoisotopic (exact) mass is 761 g/mol. The summed E-state index contributed by atoms with van der Waals surface area (Å²) in [4.78, 5) is 9.95. The van der Waals surface area contributed by atoms with Gasteiger partial charge in [0.2, 0.25) is 5.89 Å². The summed E-state index contributed by atoms with van der Waals surface area (Å²) in [5, 5.41) is 0. The molecule has 1 aromatic heterocycles. The first-order valence-electron chi connectivity index (χ1n) is 20.5. The van der Waals surface area contributed by atoms with E-state index in [9.17, 15) is 0 Å². The highest BCUT2D eigenvalue weighted by molar-refractivity contribution is 6.00. The molecule has 2 aliphatic carbocycles. The van der Waals surface area contributed by atoms with Crippen molar-refractivity contribution in [3.05, 3.63) is 210 Å². The minimum absolute atomic E-state index is 0.152. The van der Waals surface area contributed by atoms with Crippen LogP contribution in [-0.2, 0) is 10.8 Å². The maximum Gasteiger partial charge on any atom is 0.227 e. The summed E-state index contributed by atoms with van der Waals surface area (Å²) in [6, 6.07) is 67.5. The van der Waals surface area contributed by atoms with Gasteiger partial charge in [-0.1, -0.05) is 143 Å². The lowest BCUT2D eigenvalue weighted by atomic mass is 9.82. The molecule has 0 amide bonds. The standard InChI is InChI=1S/C55H43N3O/c1-54(2)46-26-16-14-24-42(46)44-30-28-39(32-48(44)54)57(37-20-10-6-11-21-37)41-34-50-52(59-53(56-50)36-18-8-5-9-19-36)51(35-41)58(38-22-12-7-13-23-38)40-29-31-45-43-25-15-17-27-47(43)55(3,4)49(45)33-40/h5-35H,1-4H3. The van der Waals surface area contributed by atoms with Gasteiger partial charge in [-0.3, -0.25) is 0 Å². The predicted molar refractivity (Wildman–Crippen MR) is 244 cm³/mol. The number of hydrogen-bond donors (Lipinski definition) is 0. The van der Waals surface area contributed by atoms with Crippen molar-refractivity contribution in [3.63, 3.8) is 0 Å². The Morgan fingerprint density at radius 3 is 1.41 bits per heavy atom. The number of para-hydroxylation sites is 2. The zero-order valence-corrected chi connectivity index (χ0v) is 33.6. The summed E-state index contributed by atoms with van der Waals surface area (Å²) in [5.74, 6) is 0.584. The number of benzene rings is 8. The molecule has 0 saturated carbocycles. The lowest BCUT2D eigenvalue weighted by Crippen LogP contribution is -2.17. The van der Waals surface area contributed by atoms with Crippen molar-refractivity contribution < 1.29 is 4.42 Å². The first-order chi connectivity index (χ1) is 28.8. The smallest absolute Gasteiger partial charge is 0.227 e. The van der Waals surface area contributed by atoms with Gasteiger partial charge >= 0.3 is 0 Å². The van der Waals surface area contributed by atoms with E-state index in [0.29, 0.717) is 5.89 Å². The zero-order valence-electron chi connectivity index (χ0n) is 33.6. The van der Waals surface area contributed by atoms with Gasteiger partial charge in [-0.25, -0.2) is 4.98 Å². The third-order valence-electron chi connectivity index (χ3n) is 12.7. The maximum absolute atomic E-state index is 6.89. The highest BCUT2D eigenvalue weighted by Gasteiger charge is 2.37. The van der Waals surface area contributed by atoms with E-state index in [1.807, 2.05) is 18.2 Å². The zero-order chi connectivity index (χ0) is 39.9. The highest BCUT2D eigenvalue weighted by Crippen LogP contribution is 2.53. The van der Waals surface area contributed by atoms with Gasteiger partial charge in [0.1, 0.15) is 5.52 Å². The largest absolute Gasteiger partial charge is 0.434 e. The first kappa shape index (κ1) is 35.0. The molecule has 0 fully saturated rings. The second-order valence-corrected chi connectivity index (χ2v) is 16.8. The second-order valence-electron chi connectivity index (χ2n) is 16.8. The van der Waals surface area contributed by atoms with E-state index in [4.69, 9.17) is 9.40 Å². The number of anilines is 6. The molecule has 4 heteroatoms. The van der Waals surface area contributed by atoms with E-state index < -0.39 is 0 Å². The Labute approximate surface area is 345 Å². The van der Waals surface area contributed by atoms with E-state index in [-0.39, 0.29) is 10.8 Å². The summed E-state index contributed by atoms with van der Waals surface area (Å²) in [6.45, 7) is 9.36. The Morgan fingerprint density at radius 2 is 0.847 bits per heavy atom. The normalized spacial score (nSPS) is 14.0. The number of hydrogen-bond acceptors (Lipinski definition) is 4. The van der Waals surface area contributed by atoms with Crippen LogP contribution < -0.4 is 9.80 Å². The molecule has 0 radical (unpaired) electrons. The van der Waals surface area contributed by atoms with Gasteiger partial charge < -0.3 is 14.2 Å². The summed E-state index contributed by atoms with van der Waals surface area (Å²) in [5.41, 5.74) is 18.7. The second kappa shape index (κ2) is 13.2. The first-order valence-corrected chi connectivity index (χ1v) is 20.5. The lowest BCUT2D eigenvalue weighted by Gasteiger charge is -2.31. The van der Waals surface area contributed by atoms with Gasteiger partial charge in [-0.2, -0.15) is 0 Å². The molecule has 9 aromatic rings. The number of oxazole rings is 1. The SMILES string of the molecule is CC1(C)c2ccccc2-c2ccc(N(c3ccccc3)c3cc(N(c4ccccc4)c4ccc5c(c4)C(C)(C)c4ccccc4-5)c4oc(-c5ccccc5)nc4c3)cc21. The molecular formula is C55H43N3O. The van der Waals surface area contributed by atoms with Crippen molar-refractivity contribution >= 4 is 45.2 Å². The molecule has 0 unspecified atom stereocenters. The quantitative estimate of drug-likeness (QED) is 0.162. The average Bonchev–Trinajstić information content (AvgIpc) is 3.88. The lowest BCUT2D eigenvalue weighted by molar-refractivity contribution is 0.620. The molecule has 59 heavy (non-hydrogen) atoms. The summed E-state index contributed by atoms with van der Waals surface area (Å²) < 4.78 is 6.89. The van der Waals surface area contributed by atoms with Crippen LogP contribution in [-0.4, -0.2) is 4.98 Å². The fourth-order valence-electron chi connectivity index (χ4n) is 9.69. The average molecular weight is 762 g/mol. The molecule has 0 bridgehead atoms. The van der Waals surface area contributed by atoms with Crippen LogP contribution >= 0.6 is 0 Å². The molecule has 0 spiro atoms. The fourth-order valence-corrected chi connectivity index (χ4v) is 9.69. The van der Waals surface area contributed by atoms with Gasteiger partial charge in [0.25, 0.3) is 0 Å². The van der Waals surface area contributed by atoms with E-state index in [1.165, 1.54) is 44.5 Å². The van der Waals surface area contributed by atoms with Crippen LogP contribution in [0.15, 0.2) is 192 Å². The van der Waals surface area contributed by atoms with Gasteiger partial charge in [-0.05, 0) is 117 Å². The van der Waals surface area contributed by atoms with Crippen molar-refractivity contribution in [2.45, 2.75) is 38.5 Å². The summed E-state index contributed by atoms with van der Waals surface area (Å²) >= 11 is 0. The topological polar surface area (TPSA) is 32.5 Å². The molecule has 0 saturated heterocycles. The number of rotatable bonds is 7. The maximum atomic E-state index is 6.89. The molecule has 0 atom stereocenters. The number of fused-ring (bicyclic) bond motifs is 7. The van der Waals surface area contributed by atoms with Crippen molar-refractivity contribution in [2.24, 2.45) is 0 Å². The molecule has 8 aromatic carbocycles. The Morgan fingerprint density at radius 1 is 0.390 bits per heavy atom. The van der Waals surface area contributed by atoms with Crippen LogP contribution in [0.25, 0.3) is 44.8 Å². The van der Waals surface area contributed by atoms with Crippen molar-refractivity contribution in [1.82, 2.24) is 4.98 Å². The van der Waals surface area contributed by atoms with E-state index in [1.54, 1.807) is 0 Å². The molecule has 284 valence electrons. The highest BCUT2D eigenvalue weighted by atomic mass is 16.3. The van der Waals surface area contributed by atoms with Crippen LogP contribution in [0.4, 0.5) is 34.1 Å². The van der Waals surface area contributed by atoms with Crippen molar-refractivity contribution in [2.75, 3.05) is 9.80 Å². The number of nitrogens with zero attached hydrogens (tertiary/aromatic N) is 3. The molecule has 0 N–H and O–H groups in total. The van der Waals surface area contributed by atoms with E-state index in [0.717, 1.165) is 50.8 Å². The summed E-state index contributed by atoms with van der Waals surface area (Å²) in [6.07, 6.45) is 0. The molecule has 2 aliphatic rings. The van der Waals surface area contributed by atoms with Crippen LogP contribution in [0.2, 0.25) is 0 Å². The van der Waals surface area contributed by atoms with Gasteiger partial charge in [0, 0.05) is 39.1 Å². The molecule has 1 heterocycles. The third kappa shape index (κ3) is 5.47. The van der Waals surface area contributed by atoms with Gasteiger partial charge in [0.05, 0.1) is 11.4 Å². The van der Waals surface area contributed by atoms with Crippen LogP contribution in [0.5, 0.6) is 0 Å². The Bertz CT molecular complexity index is 3050. The van der Waals surface area contributed by atoms with Crippen LogP contribution in [0.1, 0.15) is 49.9 Å². The summed E-state index contributed by atoms with van der Waals surface area (Å²) in [7, 11) is 0. The minimum Gasteiger partial charge on any atom is -0.434 e. The van der Waals surface area contributed by atoms with Gasteiger partial charge in [0.15, 0.2) is 5.58 Å². The van der Waals surface area contributed by atoms with Crippen LogP contribution in [0, 0.1) is 0 Å². The Kier molecular flexibility index (Phi) is 7.83. The van der Waals surface area contributed by atoms with Crippen LogP contribution in [0.3, 0.4) is 0 Å². The van der Waals surface area contributed by atoms with E-state index in [2.05, 4.69) is 207 Å². The predicted octanol–water partition coefficient (Wildman–Crippen LogP) is 15.0. The Hall–Kier alpha value is -7.17.